The fourth-order valence-electron chi connectivity index (χ4n) is 4.86. The first-order chi connectivity index (χ1) is 19.1. The number of nitriles is 1. The minimum Gasteiger partial charge on any atom is -0.348 e. The van der Waals surface area contributed by atoms with E-state index in [0.29, 0.717) is 17.7 Å². The number of aliphatic imine (C=N–C) groups is 1. The van der Waals surface area contributed by atoms with Crippen LogP contribution in [0.1, 0.15) is 54.7 Å². The van der Waals surface area contributed by atoms with Crippen LogP contribution in [-0.4, -0.2) is 22.6 Å². The Bertz CT molecular complexity index is 1580. The molecule has 0 aliphatic carbocycles. The molecule has 1 atom stereocenters. The molecule has 39 heavy (non-hydrogen) atoms. The Labute approximate surface area is 233 Å². The number of unbranched alkanes of at least 4 members (excludes halogenated alkanes) is 1. The summed E-state index contributed by atoms with van der Waals surface area (Å²) in [6.45, 7) is 4.09. The molecule has 1 aliphatic rings. The van der Waals surface area contributed by atoms with E-state index in [0.717, 1.165) is 63.6 Å². The monoisotopic (exact) mass is 530 g/mol. The normalized spacial score (nSPS) is 14.9. The van der Waals surface area contributed by atoms with Gasteiger partial charge in [-0.15, -0.1) is 11.3 Å². The number of hydrogen-bond acceptors (Lipinski definition) is 6. The van der Waals surface area contributed by atoms with Crippen LogP contribution >= 0.6 is 11.3 Å². The summed E-state index contributed by atoms with van der Waals surface area (Å²) in [5.41, 5.74) is 7.20. The Morgan fingerprint density at radius 3 is 2.49 bits per heavy atom. The SMILES string of the molecule is CCCCC1=C(Cc2ccc(-c3ccccc3C#N)cc2)C(C(=O)c2csc(-c3ccccc3)n2)N=C(C)N1. The zero-order valence-electron chi connectivity index (χ0n) is 22.1. The maximum absolute atomic E-state index is 13.9. The molecule has 0 amide bonds. The number of ketones is 1. The number of aromatic nitrogens is 1. The van der Waals surface area contributed by atoms with Gasteiger partial charge in [-0.3, -0.25) is 9.79 Å². The molecular formula is C33H30N4OS. The number of hydrogen-bond donors (Lipinski definition) is 1. The quantitative estimate of drug-likeness (QED) is 0.226. The molecule has 3 aromatic carbocycles. The van der Waals surface area contributed by atoms with Crippen molar-refractivity contribution < 1.29 is 4.79 Å². The number of benzene rings is 3. The van der Waals surface area contributed by atoms with Crippen LogP contribution in [0.5, 0.6) is 0 Å². The third kappa shape index (κ3) is 5.89. The minimum atomic E-state index is -0.608. The number of nitrogens with zero attached hydrogens (tertiary/aromatic N) is 3. The highest BCUT2D eigenvalue weighted by atomic mass is 32.1. The summed E-state index contributed by atoms with van der Waals surface area (Å²) < 4.78 is 0. The third-order valence-corrected chi connectivity index (χ3v) is 7.78. The number of amidine groups is 1. The van der Waals surface area contributed by atoms with Crippen LogP contribution in [-0.2, 0) is 6.42 Å². The topological polar surface area (TPSA) is 78.1 Å². The molecule has 1 N–H and O–H groups in total. The van der Waals surface area contributed by atoms with E-state index >= 15 is 0 Å². The second-order valence-electron chi connectivity index (χ2n) is 9.65. The summed E-state index contributed by atoms with van der Waals surface area (Å²) >= 11 is 1.48. The largest absolute Gasteiger partial charge is 0.348 e. The summed E-state index contributed by atoms with van der Waals surface area (Å²) in [5.74, 6) is 0.683. The predicted octanol–water partition coefficient (Wildman–Crippen LogP) is 7.61. The van der Waals surface area contributed by atoms with Crippen LogP contribution in [0.15, 0.2) is 101 Å². The molecule has 0 bridgehead atoms. The average Bonchev–Trinajstić information content (AvgIpc) is 3.48. The molecule has 0 saturated heterocycles. The van der Waals surface area contributed by atoms with Crippen molar-refractivity contribution in [2.24, 2.45) is 4.99 Å². The van der Waals surface area contributed by atoms with E-state index < -0.39 is 6.04 Å². The Morgan fingerprint density at radius 1 is 1.00 bits per heavy atom. The highest BCUT2D eigenvalue weighted by Crippen LogP contribution is 2.30. The molecule has 5 nitrogen and oxygen atoms in total. The lowest BCUT2D eigenvalue weighted by Crippen LogP contribution is -2.36. The molecule has 0 saturated carbocycles. The number of allylic oxidation sites excluding steroid dienone is 1. The van der Waals surface area contributed by atoms with Crippen LogP contribution < -0.4 is 5.32 Å². The average molecular weight is 531 g/mol. The number of thiazole rings is 1. The number of rotatable bonds is 9. The smallest absolute Gasteiger partial charge is 0.210 e. The van der Waals surface area contributed by atoms with Crippen molar-refractivity contribution in [2.45, 2.75) is 45.6 Å². The van der Waals surface area contributed by atoms with E-state index in [-0.39, 0.29) is 5.78 Å². The zero-order chi connectivity index (χ0) is 27.2. The summed E-state index contributed by atoms with van der Waals surface area (Å²) in [5, 5.41) is 15.6. The van der Waals surface area contributed by atoms with Crippen molar-refractivity contribution in [3.63, 3.8) is 0 Å². The van der Waals surface area contributed by atoms with Gasteiger partial charge in [0.05, 0.1) is 17.5 Å². The molecule has 1 aromatic heterocycles. The molecule has 2 heterocycles. The first kappa shape index (κ1) is 26.3. The van der Waals surface area contributed by atoms with E-state index in [1.807, 2.05) is 79.0 Å². The fourth-order valence-corrected chi connectivity index (χ4v) is 5.67. The molecule has 194 valence electrons. The van der Waals surface area contributed by atoms with E-state index in [2.05, 4.69) is 30.4 Å². The molecule has 1 unspecified atom stereocenters. The number of nitrogens with one attached hydrogen (secondary N) is 1. The van der Waals surface area contributed by atoms with Gasteiger partial charge in [-0.1, -0.05) is 86.1 Å². The van der Waals surface area contributed by atoms with Gasteiger partial charge in [-0.25, -0.2) is 4.98 Å². The van der Waals surface area contributed by atoms with E-state index in [1.54, 1.807) is 0 Å². The van der Waals surface area contributed by atoms with Crippen LogP contribution in [0.4, 0.5) is 0 Å². The van der Waals surface area contributed by atoms with Gasteiger partial charge in [0.25, 0.3) is 0 Å². The van der Waals surface area contributed by atoms with Gasteiger partial charge >= 0.3 is 0 Å². The van der Waals surface area contributed by atoms with E-state index in [4.69, 9.17) is 9.98 Å². The molecule has 0 fully saturated rings. The second kappa shape index (κ2) is 12.0. The number of Topliss-reactive ketones (excluding diaryl/α,β-unsaturated/α-hetero) is 1. The third-order valence-electron chi connectivity index (χ3n) is 6.89. The summed E-state index contributed by atoms with van der Waals surface area (Å²) in [4.78, 5) is 23.4. The Hall–Kier alpha value is -4.34. The van der Waals surface area contributed by atoms with Crippen molar-refractivity contribution in [3.8, 4) is 27.8 Å². The molecule has 1 aliphatic heterocycles. The van der Waals surface area contributed by atoms with Crippen LogP contribution in [0, 0.1) is 11.3 Å². The van der Waals surface area contributed by atoms with Gasteiger partial charge in [0.15, 0.2) is 0 Å². The summed E-state index contributed by atoms with van der Waals surface area (Å²) in [7, 11) is 0. The zero-order valence-corrected chi connectivity index (χ0v) is 23.0. The number of carbonyl (C=O) groups excluding carboxylic acids is 1. The highest BCUT2D eigenvalue weighted by Gasteiger charge is 2.31. The summed E-state index contributed by atoms with van der Waals surface area (Å²) in [6.07, 6.45) is 3.56. The van der Waals surface area contributed by atoms with Crippen LogP contribution in [0.3, 0.4) is 0 Å². The van der Waals surface area contributed by atoms with Gasteiger partial charge < -0.3 is 5.32 Å². The van der Waals surface area contributed by atoms with Gasteiger partial charge in [-0.2, -0.15) is 5.26 Å². The second-order valence-corrected chi connectivity index (χ2v) is 10.5. The molecule has 6 heteroatoms. The van der Waals surface area contributed by atoms with Gasteiger partial charge in [0.1, 0.15) is 16.7 Å². The Balaban J connectivity index is 1.45. The van der Waals surface area contributed by atoms with Crippen molar-refractivity contribution in [1.82, 2.24) is 10.3 Å². The van der Waals surface area contributed by atoms with Crippen LogP contribution in [0.2, 0.25) is 0 Å². The van der Waals surface area contributed by atoms with Crippen molar-refractivity contribution in [1.29, 1.82) is 5.26 Å². The standard InChI is InChI=1S/C33H30N4OS/c1-3-4-14-29-28(19-23-15-17-24(18-16-23)27-13-9-8-12-26(27)20-34)31(36-22(2)35-29)32(38)30-21-39-33(37-30)25-10-6-5-7-11-25/h5-13,15-18,21,31H,3-4,14,19H2,1-2H3,(H,35,36). The fraction of sp³-hybridized carbons (Fsp3) is 0.212. The Morgan fingerprint density at radius 2 is 1.74 bits per heavy atom. The molecular weight excluding hydrogens is 500 g/mol. The van der Waals surface area contributed by atoms with Gasteiger partial charge in [0.2, 0.25) is 5.78 Å². The lowest BCUT2D eigenvalue weighted by atomic mass is 9.89. The lowest BCUT2D eigenvalue weighted by molar-refractivity contribution is 0.0968. The van der Waals surface area contributed by atoms with E-state index in [1.165, 1.54) is 11.3 Å². The molecule has 4 aromatic rings. The van der Waals surface area contributed by atoms with Gasteiger partial charge in [0, 0.05) is 16.6 Å². The number of carbonyl (C=O) groups is 1. The maximum Gasteiger partial charge on any atom is 0.210 e. The Kier molecular flexibility index (Phi) is 8.10. The maximum atomic E-state index is 13.9. The molecule has 0 radical (unpaired) electrons. The first-order valence-electron chi connectivity index (χ1n) is 13.2. The predicted molar refractivity (Wildman–Crippen MR) is 159 cm³/mol. The van der Waals surface area contributed by atoms with Crippen molar-refractivity contribution in [2.75, 3.05) is 0 Å². The highest BCUT2D eigenvalue weighted by molar-refractivity contribution is 7.13. The molecule has 5 rings (SSSR count). The summed E-state index contributed by atoms with van der Waals surface area (Å²) in [6, 6.07) is 27.5. The minimum absolute atomic E-state index is 0.0714. The lowest BCUT2D eigenvalue weighted by Gasteiger charge is -2.27. The van der Waals surface area contributed by atoms with E-state index in [9.17, 15) is 10.1 Å². The van der Waals surface area contributed by atoms with Crippen molar-refractivity contribution >= 4 is 23.0 Å². The molecule has 0 spiro atoms. The van der Waals surface area contributed by atoms with Crippen LogP contribution in [0.25, 0.3) is 21.7 Å². The van der Waals surface area contributed by atoms with Crippen molar-refractivity contribution in [3.05, 3.63) is 112 Å². The van der Waals surface area contributed by atoms with Gasteiger partial charge in [-0.05, 0) is 54.5 Å². The first-order valence-corrected chi connectivity index (χ1v) is 14.1.